The van der Waals surface area contributed by atoms with Crippen molar-refractivity contribution in [3.63, 3.8) is 0 Å². The summed E-state index contributed by atoms with van der Waals surface area (Å²) in [6.45, 7) is 2.27. The number of thioether (sulfide) groups is 1. The Hall–Kier alpha value is -1.99. The summed E-state index contributed by atoms with van der Waals surface area (Å²) in [7, 11) is 0. The molecule has 0 spiro atoms. The molecule has 4 nitrogen and oxygen atoms in total. The number of aromatic nitrogens is 2. The zero-order valence-electron chi connectivity index (χ0n) is 14.2. The van der Waals surface area contributed by atoms with E-state index in [0.717, 1.165) is 29.5 Å². The van der Waals surface area contributed by atoms with Crippen molar-refractivity contribution in [3.8, 4) is 10.8 Å². The van der Waals surface area contributed by atoms with E-state index in [1.165, 1.54) is 29.0 Å². The summed E-state index contributed by atoms with van der Waals surface area (Å²) in [5, 5.41) is 8.44. The molecule has 1 aliphatic rings. The molecule has 0 saturated carbocycles. The molecule has 0 amide bonds. The van der Waals surface area contributed by atoms with Gasteiger partial charge in [0.25, 0.3) is 11.1 Å². The molecule has 26 heavy (non-hydrogen) atoms. The first-order chi connectivity index (χ1) is 12.6. The minimum Gasteiger partial charge on any atom is -0.410 e. The predicted octanol–water partition coefficient (Wildman–Crippen LogP) is 5.04. The second-order valence-electron chi connectivity index (χ2n) is 6.47. The molecule has 0 fully saturated rings. The molecule has 0 N–H and O–H groups in total. The Kier molecular flexibility index (Phi) is 4.91. The van der Waals surface area contributed by atoms with E-state index in [9.17, 15) is 9.18 Å². The zero-order valence-corrected chi connectivity index (χ0v) is 15.8. The first-order valence-electron chi connectivity index (χ1n) is 8.46. The van der Waals surface area contributed by atoms with Gasteiger partial charge in [-0.05, 0) is 48.9 Å². The molecule has 3 aromatic rings. The van der Waals surface area contributed by atoms with Gasteiger partial charge < -0.3 is 4.42 Å². The fourth-order valence-corrected chi connectivity index (χ4v) is 4.85. The maximum Gasteiger partial charge on any atom is 0.277 e. The number of hydrogen-bond acceptors (Lipinski definition) is 6. The Labute approximate surface area is 158 Å². The second kappa shape index (κ2) is 7.32. The summed E-state index contributed by atoms with van der Waals surface area (Å²) in [6, 6.07) is 8.11. The molecule has 134 valence electrons. The van der Waals surface area contributed by atoms with Crippen LogP contribution in [0.4, 0.5) is 4.39 Å². The highest BCUT2D eigenvalue weighted by Crippen LogP contribution is 2.37. The van der Waals surface area contributed by atoms with Crippen molar-refractivity contribution >= 4 is 28.9 Å². The number of halogens is 1. The number of benzene rings is 1. The van der Waals surface area contributed by atoms with E-state index < -0.39 is 5.82 Å². The molecular formula is C19H17FN2O2S2. The third-order valence-electron chi connectivity index (χ3n) is 4.45. The van der Waals surface area contributed by atoms with Crippen LogP contribution < -0.4 is 0 Å². The number of hydrogen-bond donors (Lipinski definition) is 0. The molecule has 0 aliphatic heterocycles. The standard InChI is InChI=1S/C19H17FN2O2S2/c1-11-6-7-16-12(8-11)9-17(26-16)18-21-22-19(24-18)25-10-15(23)13-4-2-3-5-14(13)20/h2-5,9,11H,6-8,10H2,1H3/t11-/m1/s1. The molecule has 0 radical (unpaired) electrons. The van der Waals surface area contributed by atoms with E-state index in [2.05, 4.69) is 23.2 Å². The van der Waals surface area contributed by atoms with Crippen molar-refractivity contribution < 1.29 is 13.6 Å². The molecule has 4 rings (SSSR count). The second-order valence-corrected chi connectivity index (χ2v) is 8.54. The van der Waals surface area contributed by atoms with Gasteiger partial charge in [0, 0.05) is 4.88 Å². The van der Waals surface area contributed by atoms with Gasteiger partial charge >= 0.3 is 0 Å². The summed E-state index contributed by atoms with van der Waals surface area (Å²) in [5.41, 5.74) is 1.46. The maximum atomic E-state index is 13.7. The van der Waals surface area contributed by atoms with Crippen LogP contribution in [0.15, 0.2) is 40.0 Å². The van der Waals surface area contributed by atoms with Gasteiger partial charge in [0.2, 0.25) is 0 Å². The SMILES string of the molecule is C[C@@H]1CCc2sc(-c3nnc(SCC(=O)c4ccccc4F)o3)cc2C1. The molecule has 7 heteroatoms. The van der Waals surface area contributed by atoms with Crippen molar-refractivity contribution in [2.24, 2.45) is 5.92 Å². The van der Waals surface area contributed by atoms with E-state index in [4.69, 9.17) is 4.42 Å². The first kappa shape index (κ1) is 17.4. The van der Waals surface area contributed by atoms with Crippen LogP contribution >= 0.6 is 23.1 Å². The molecular weight excluding hydrogens is 371 g/mol. The van der Waals surface area contributed by atoms with E-state index in [-0.39, 0.29) is 17.1 Å². The van der Waals surface area contributed by atoms with Gasteiger partial charge in [-0.2, -0.15) is 0 Å². The number of carbonyl (C=O) groups is 1. The summed E-state index contributed by atoms with van der Waals surface area (Å²) >= 11 is 2.84. The lowest BCUT2D eigenvalue weighted by atomic mass is 9.90. The lowest BCUT2D eigenvalue weighted by molar-refractivity contribution is 0.101. The normalized spacial score (nSPS) is 16.5. The summed E-state index contributed by atoms with van der Waals surface area (Å²) in [6.07, 6.45) is 3.42. The van der Waals surface area contributed by atoms with Crippen molar-refractivity contribution in [3.05, 3.63) is 52.2 Å². The molecule has 2 heterocycles. The van der Waals surface area contributed by atoms with Crippen LogP contribution in [0.25, 0.3) is 10.8 Å². The minimum atomic E-state index is -0.511. The van der Waals surface area contributed by atoms with Gasteiger partial charge in [0.05, 0.1) is 16.2 Å². The largest absolute Gasteiger partial charge is 0.410 e. The highest BCUT2D eigenvalue weighted by Gasteiger charge is 2.21. The Bertz CT molecular complexity index is 951. The fraction of sp³-hybridized carbons (Fsp3) is 0.316. The molecule has 0 unspecified atom stereocenters. The van der Waals surface area contributed by atoms with E-state index in [1.54, 1.807) is 23.5 Å². The Morgan fingerprint density at radius 3 is 3.08 bits per heavy atom. The average molecular weight is 388 g/mol. The number of aryl methyl sites for hydroxylation is 1. The number of thiophene rings is 1. The van der Waals surface area contributed by atoms with E-state index in [0.29, 0.717) is 17.0 Å². The van der Waals surface area contributed by atoms with Crippen LogP contribution in [0.5, 0.6) is 0 Å². The van der Waals surface area contributed by atoms with E-state index in [1.807, 2.05) is 0 Å². The quantitative estimate of drug-likeness (QED) is 0.453. The molecule has 1 atom stereocenters. The molecule has 0 saturated heterocycles. The van der Waals surface area contributed by atoms with Gasteiger partial charge in [-0.25, -0.2) is 4.39 Å². The third kappa shape index (κ3) is 3.59. The van der Waals surface area contributed by atoms with Crippen LogP contribution in [0.2, 0.25) is 0 Å². The smallest absolute Gasteiger partial charge is 0.277 e. The van der Waals surface area contributed by atoms with Crippen molar-refractivity contribution in [1.29, 1.82) is 0 Å². The predicted molar refractivity (Wildman–Crippen MR) is 100 cm³/mol. The highest BCUT2D eigenvalue weighted by molar-refractivity contribution is 7.99. The van der Waals surface area contributed by atoms with Gasteiger partial charge in [0.1, 0.15) is 5.82 Å². The molecule has 2 aromatic heterocycles. The maximum absolute atomic E-state index is 13.7. The highest BCUT2D eigenvalue weighted by atomic mass is 32.2. The average Bonchev–Trinajstić information content (AvgIpc) is 3.26. The monoisotopic (exact) mass is 388 g/mol. The fourth-order valence-electron chi connectivity index (χ4n) is 3.07. The number of Topliss-reactive ketones (excluding diaryl/α,β-unsaturated/α-hetero) is 1. The van der Waals surface area contributed by atoms with Crippen molar-refractivity contribution in [2.45, 2.75) is 31.4 Å². The third-order valence-corrected chi connectivity index (χ3v) is 6.49. The Balaban J connectivity index is 1.44. The molecule has 1 aliphatic carbocycles. The van der Waals surface area contributed by atoms with Crippen LogP contribution in [-0.4, -0.2) is 21.7 Å². The topological polar surface area (TPSA) is 56.0 Å². The Morgan fingerprint density at radius 2 is 2.23 bits per heavy atom. The number of nitrogens with zero attached hydrogens (tertiary/aromatic N) is 2. The molecule has 0 bridgehead atoms. The van der Waals surface area contributed by atoms with Gasteiger partial charge in [0.15, 0.2) is 5.78 Å². The van der Waals surface area contributed by atoms with Gasteiger partial charge in [-0.1, -0.05) is 30.8 Å². The summed E-state index contributed by atoms with van der Waals surface area (Å²) < 4.78 is 19.3. The van der Waals surface area contributed by atoms with Crippen molar-refractivity contribution in [1.82, 2.24) is 10.2 Å². The lowest BCUT2D eigenvalue weighted by Crippen LogP contribution is -2.07. The summed E-state index contributed by atoms with van der Waals surface area (Å²) in [5.74, 6) is 0.443. The number of carbonyl (C=O) groups excluding carboxylic acids is 1. The van der Waals surface area contributed by atoms with Gasteiger partial charge in [-0.15, -0.1) is 21.5 Å². The Morgan fingerprint density at radius 1 is 1.38 bits per heavy atom. The first-order valence-corrected chi connectivity index (χ1v) is 10.3. The molecule has 1 aromatic carbocycles. The minimum absolute atomic E-state index is 0.0566. The lowest BCUT2D eigenvalue weighted by Gasteiger charge is -2.16. The van der Waals surface area contributed by atoms with Gasteiger partial charge in [-0.3, -0.25) is 4.79 Å². The van der Waals surface area contributed by atoms with Crippen LogP contribution in [0.1, 0.15) is 34.1 Å². The zero-order chi connectivity index (χ0) is 18.1. The van der Waals surface area contributed by atoms with Crippen LogP contribution in [-0.2, 0) is 12.8 Å². The van der Waals surface area contributed by atoms with Crippen LogP contribution in [0.3, 0.4) is 0 Å². The van der Waals surface area contributed by atoms with Crippen molar-refractivity contribution in [2.75, 3.05) is 5.75 Å². The number of ketones is 1. The van der Waals surface area contributed by atoms with Crippen LogP contribution in [0, 0.1) is 11.7 Å². The number of rotatable bonds is 5. The summed E-state index contributed by atoms with van der Waals surface area (Å²) in [4.78, 5) is 14.5. The van der Waals surface area contributed by atoms with E-state index >= 15 is 0 Å². The number of fused-ring (bicyclic) bond motifs is 1.